The Bertz CT molecular complexity index is 670. The zero-order valence-electron chi connectivity index (χ0n) is 10.8. The van der Waals surface area contributed by atoms with Gasteiger partial charge in [0.15, 0.2) is 0 Å². The monoisotopic (exact) mass is 251 g/mol. The molecule has 0 aliphatic carbocycles. The van der Waals surface area contributed by atoms with Gasteiger partial charge in [0, 0.05) is 18.3 Å². The molecule has 0 aliphatic heterocycles. The number of rotatable bonds is 4. The Hall–Kier alpha value is -2.06. The summed E-state index contributed by atoms with van der Waals surface area (Å²) in [6, 6.07) is 18.8. The number of hydrogen-bond donors (Lipinski definition) is 1. The number of aliphatic hydroxyl groups excluding tert-OH is 1. The number of benzene rings is 2. The predicted molar refractivity (Wildman–Crippen MR) is 78.0 cm³/mol. The standard InChI is InChI=1S/C17H17NO/c19-13-15-6-7-16-9-11-18(17(16)12-15)10-8-14-4-2-1-3-5-14/h1-7,9,11-12,19H,8,10,13H2. The van der Waals surface area contributed by atoms with Crippen LogP contribution >= 0.6 is 0 Å². The lowest BCUT2D eigenvalue weighted by molar-refractivity contribution is 0.282. The average molecular weight is 251 g/mol. The summed E-state index contributed by atoms with van der Waals surface area (Å²) in [5.74, 6) is 0. The van der Waals surface area contributed by atoms with Gasteiger partial charge in [0.2, 0.25) is 0 Å². The van der Waals surface area contributed by atoms with Crippen molar-refractivity contribution in [3.8, 4) is 0 Å². The van der Waals surface area contributed by atoms with Crippen LogP contribution < -0.4 is 0 Å². The molecule has 0 amide bonds. The summed E-state index contributed by atoms with van der Waals surface area (Å²) in [5, 5.41) is 10.5. The van der Waals surface area contributed by atoms with Crippen LogP contribution in [0, 0.1) is 0 Å². The van der Waals surface area contributed by atoms with E-state index in [2.05, 4.69) is 53.2 Å². The van der Waals surface area contributed by atoms with E-state index in [0.29, 0.717) is 0 Å². The van der Waals surface area contributed by atoms with E-state index in [1.165, 1.54) is 16.5 Å². The second kappa shape index (κ2) is 5.29. The predicted octanol–water partition coefficient (Wildman–Crippen LogP) is 3.38. The lowest BCUT2D eigenvalue weighted by atomic mass is 10.1. The van der Waals surface area contributed by atoms with Crippen molar-refractivity contribution in [1.29, 1.82) is 0 Å². The molecule has 2 heteroatoms. The van der Waals surface area contributed by atoms with E-state index >= 15 is 0 Å². The first kappa shape index (κ1) is 12.0. The zero-order chi connectivity index (χ0) is 13.1. The molecule has 0 saturated heterocycles. The highest BCUT2D eigenvalue weighted by molar-refractivity contribution is 5.80. The number of hydrogen-bond acceptors (Lipinski definition) is 1. The van der Waals surface area contributed by atoms with Gasteiger partial charge in [-0.3, -0.25) is 0 Å². The molecule has 0 atom stereocenters. The van der Waals surface area contributed by atoms with Gasteiger partial charge < -0.3 is 9.67 Å². The summed E-state index contributed by atoms with van der Waals surface area (Å²) in [4.78, 5) is 0. The molecule has 0 spiro atoms. The number of aromatic nitrogens is 1. The molecule has 0 saturated carbocycles. The van der Waals surface area contributed by atoms with Crippen molar-refractivity contribution < 1.29 is 5.11 Å². The molecule has 3 rings (SSSR count). The summed E-state index contributed by atoms with van der Waals surface area (Å²) < 4.78 is 2.25. The molecule has 0 unspecified atom stereocenters. The van der Waals surface area contributed by atoms with Gasteiger partial charge >= 0.3 is 0 Å². The second-order valence-corrected chi connectivity index (χ2v) is 4.80. The molecule has 0 aliphatic rings. The Morgan fingerprint density at radius 1 is 0.895 bits per heavy atom. The van der Waals surface area contributed by atoms with Crippen molar-refractivity contribution in [3.63, 3.8) is 0 Å². The Kier molecular flexibility index (Phi) is 3.34. The maximum atomic E-state index is 9.22. The Balaban J connectivity index is 1.84. The fourth-order valence-corrected chi connectivity index (χ4v) is 2.42. The van der Waals surface area contributed by atoms with Crippen molar-refractivity contribution >= 4 is 10.9 Å². The summed E-state index contributed by atoms with van der Waals surface area (Å²) in [7, 11) is 0. The first-order valence-electron chi connectivity index (χ1n) is 6.59. The molecular formula is C17H17NO. The van der Waals surface area contributed by atoms with Gasteiger partial charge in [-0.05, 0) is 35.1 Å². The van der Waals surface area contributed by atoms with Gasteiger partial charge in [-0.2, -0.15) is 0 Å². The minimum absolute atomic E-state index is 0.0970. The number of aryl methyl sites for hydroxylation is 2. The van der Waals surface area contributed by atoms with E-state index in [0.717, 1.165) is 18.5 Å². The summed E-state index contributed by atoms with van der Waals surface area (Å²) in [6.07, 6.45) is 3.14. The fourth-order valence-electron chi connectivity index (χ4n) is 2.42. The average Bonchev–Trinajstić information content (AvgIpc) is 2.88. The maximum absolute atomic E-state index is 9.22. The third-order valence-electron chi connectivity index (χ3n) is 3.51. The topological polar surface area (TPSA) is 25.2 Å². The van der Waals surface area contributed by atoms with Crippen molar-refractivity contribution in [2.45, 2.75) is 19.6 Å². The van der Waals surface area contributed by atoms with Gasteiger partial charge in [0.25, 0.3) is 0 Å². The van der Waals surface area contributed by atoms with E-state index in [1.807, 2.05) is 12.1 Å². The molecule has 3 aromatic rings. The fraction of sp³-hybridized carbons (Fsp3) is 0.176. The Morgan fingerprint density at radius 2 is 1.74 bits per heavy atom. The third kappa shape index (κ3) is 2.54. The van der Waals surface area contributed by atoms with E-state index < -0.39 is 0 Å². The Morgan fingerprint density at radius 3 is 2.53 bits per heavy atom. The van der Waals surface area contributed by atoms with Crippen molar-refractivity contribution in [2.75, 3.05) is 0 Å². The van der Waals surface area contributed by atoms with Gasteiger partial charge in [-0.15, -0.1) is 0 Å². The van der Waals surface area contributed by atoms with Gasteiger partial charge in [0.05, 0.1) is 6.61 Å². The van der Waals surface area contributed by atoms with Gasteiger partial charge in [-0.1, -0.05) is 42.5 Å². The normalized spacial score (nSPS) is 11.0. The van der Waals surface area contributed by atoms with Gasteiger partial charge in [0.1, 0.15) is 0 Å². The first-order valence-corrected chi connectivity index (χ1v) is 6.59. The van der Waals surface area contributed by atoms with Crippen LogP contribution in [0.3, 0.4) is 0 Å². The van der Waals surface area contributed by atoms with E-state index in [4.69, 9.17) is 0 Å². The lowest BCUT2D eigenvalue weighted by Crippen LogP contribution is -2.00. The molecule has 0 radical (unpaired) electrons. The van der Waals surface area contributed by atoms with Crippen molar-refractivity contribution in [2.24, 2.45) is 0 Å². The smallest absolute Gasteiger partial charge is 0.0682 e. The van der Waals surface area contributed by atoms with Gasteiger partial charge in [-0.25, -0.2) is 0 Å². The number of aliphatic hydroxyl groups is 1. The van der Waals surface area contributed by atoms with Crippen molar-refractivity contribution in [1.82, 2.24) is 4.57 Å². The van der Waals surface area contributed by atoms with Crippen LogP contribution in [-0.2, 0) is 19.6 Å². The molecule has 0 fully saturated rings. The molecule has 2 nitrogen and oxygen atoms in total. The minimum Gasteiger partial charge on any atom is -0.392 e. The minimum atomic E-state index is 0.0970. The van der Waals surface area contributed by atoms with Crippen LogP contribution in [-0.4, -0.2) is 9.67 Å². The number of fused-ring (bicyclic) bond motifs is 1. The highest BCUT2D eigenvalue weighted by Gasteiger charge is 2.02. The van der Waals surface area contributed by atoms with Crippen LogP contribution in [0.4, 0.5) is 0 Å². The van der Waals surface area contributed by atoms with Crippen LogP contribution in [0.25, 0.3) is 10.9 Å². The molecule has 0 bridgehead atoms. The summed E-state index contributed by atoms with van der Waals surface area (Å²) in [6.45, 7) is 1.06. The first-order chi connectivity index (χ1) is 9.36. The third-order valence-corrected chi connectivity index (χ3v) is 3.51. The summed E-state index contributed by atoms with van der Waals surface area (Å²) in [5.41, 5.74) is 3.51. The van der Waals surface area contributed by atoms with E-state index in [-0.39, 0.29) is 6.61 Å². The van der Waals surface area contributed by atoms with Crippen LogP contribution in [0.2, 0.25) is 0 Å². The van der Waals surface area contributed by atoms with Crippen molar-refractivity contribution in [3.05, 3.63) is 71.9 Å². The zero-order valence-corrected chi connectivity index (χ0v) is 10.8. The maximum Gasteiger partial charge on any atom is 0.0682 e. The second-order valence-electron chi connectivity index (χ2n) is 4.80. The quantitative estimate of drug-likeness (QED) is 0.755. The van der Waals surface area contributed by atoms with E-state index in [9.17, 15) is 5.11 Å². The largest absolute Gasteiger partial charge is 0.392 e. The van der Waals surface area contributed by atoms with Crippen LogP contribution in [0.5, 0.6) is 0 Å². The lowest BCUT2D eigenvalue weighted by Gasteiger charge is -2.06. The number of nitrogens with zero attached hydrogens (tertiary/aromatic N) is 1. The molecule has 96 valence electrons. The van der Waals surface area contributed by atoms with Crippen LogP contribution in [0.15, 0.2) is 60.8 Å². The SMILES string of the molecule is OCc1ccc2ccn(CCc3ccccc3)c2c1. The molecule has 1 heterocycles. The Labute approximate surface area is 112 Å². The molecular weight excluding hydrogens is 234 g/mol. The van der Waals surface area contributed by atoms with E-state index in [1.54, 1.807) is 0 Å². The molecule has 2 aromatic carbocycles. The molecule has 19 heavy (non-hydrogen) atoms. The van der Waals surface area contributed by atoms with Crippen LogP contribution in [0.1, 0.15) is 11.1 Å². The summed E-state index contributed by atoms with van der Waals surface area (Å²) >= 11 is 0. The molecule has 1 N–H and O–H groups in total. The molecule has 1 aromatic heterocycles. The highest BCUT2D eigenvalue weighted by Crippen LogP contribution is 2.18. The highest BCUT2D eigenvalue weighted by atomic mass is 16.3.